The zero-order valence-electron chi connectivity index (χ0n) is 17.7. The van der Waals surface area contributed by atoms with Crippen LogP contribution in [-0.2, 0) is 13.0 Å². The molecule has 2 N–H and O–H groups in total. The monoisotopic (exact) mass is 397 g/mol. The number of hydrogen-bond acceptors (Lipinski definition) is 4. The maximum absolute atomic E-state index is 12.2. The second kappa shape index (κ2) is 9.65. The van der Waals surface area contributed by atoms with Gasteiger partial charge in [-0.2, -0.15) is 0 Å². The third-order valence-electron chi connectivity index (χ3n) is 5.42. The summed E-state index contributed by atoms with van der Waals surface area (Å²) >= 11 is 0. The summed E-state index contributed by atoms with van der Waals surface area (Å²) in [5.74, 6) is 1.45. The molecule has 3 rings (SSSR count). The Hall–Kier alpha value is -2.73. The standard InChI is InChI=1S/C23H31N3O3/c1-5-24-23(27)25-16(2)22-19-14-21(29-4)20(28-3)13-18(19)11-12-26(22)15-17-9-7-6-8-10-17/h6-10,13-14,16,22H,5,11-12,15H2,1-4H3,(H2,24,25,27)/t16-,22+/m1/s1. The Balaban J connectivity index is 1.96. The molecule has 29 heavy (non-hydrogen) atoms. The van der Waals surface area contributed by atoms with E-state index in [-0.39, 0.29) is 18.1 Å². The molecule has 2 aromatic rings. The largest absolute Gasteiger partial charge is 0.493 e. The molecule has 2 aromatic carbocycles. The molecule has 2 atom stereocenters. The molecule has 1 aliphatic heterocycles. The van der Waals surface area contributed by atoms with Crippen molar-refractivity contribution in [1.82, 2.24) is 15.5 Å². The Morgan fingerprint density at radius 2 is 1.86 bits per heavy atom. The van der Waals surface area contributed by atoms with Crippen molar-refractivity contribution >= 4 is 6.03 Å². The van der Waals surface area contributed by atoms with Crippen molar-refractivity contribution in [3.8, 4) is 11.5 Å². The van der Waals surface area contributed by atoms with Gasteiger partial charge in [0.05, 0.1) is 20.3 Å². The molecule has 1 heterocycles. The third-order valence-corrected chi connectivity index (χ3v) is 5.42. The molecule has 0 bridgehead atoms. The van der Waals surface area contributed by atoms with Gasteiger partial charge in [0.2, 0.25) is 0 Å². The molecular formula is C23H31N3O3. The fourth-order valence-corrected chi connectivity index (χ4v) is 4.11. The average Bonchev–Trinajstić information content (AvgIpc) is 2.73. The third kappa shape index (κ3) is 4.82. The van der Waals surface area contributed by atoms with E-state index in [1.807, 2.05) is 13.0 Å². The molecular weight excluding hydrogens is 366 g/mol. The van der Waals surface area contributed by atoms with Crippen molar-refractivity contribution in [2.24, 2.45) is 0 Å². The van der Waals surface area contributed by atoms with Crippen LogP contribution in [0.4, 0.5) is 4.79 Å². The van der Waals surface area contributed by atoms with Gasteiger partial charge >= 0.3 is 6.03 Å². The first-order chi connectivity index (χ1) is 14.1. The normalized spacial score (nSPS) is 17.2. The number of fused-ring (bicyclic) bond motifs is 1. The summed E-state index contributed by atoms with van der Waals surface area (Å²) in [5.41, 5.74) is 3.67. The number of nitrogens with zero attached hydrogens (tertiary/aromatic N) is 1. The number of nitrogens with one attached hydrogen (secondary N) is 2. The minimum Gasteiger partial charge on any atom is -0.493 e. The molecule has 0 aromatic heterocycles. The molecule has 6 heteroatoms. The van der Waals surface area contributed by atoms with Gasteiger partial charge in [0.1, 0.15) is 0 Å². The molecule has 0 saturated heterocycles. The second-order valence-corrected chi connectivity index (χ2v) is 7.35. The maximum atomic E-state index is 12.2. The predicted molar refractivity (Wildman–Crippen MR) is 115 cm³/mol. The summed E-state index contributed by atoms with van der Waals surface area (Å²) in [6, 6.07) is 14.4. The van der Waals surface area contributed by atoms with Gasteiger partial charge in [-0.25, -0.2) is 4.79 Å². The Labute approximate surface area is 173 Å². The fourth-order valence-electron chi connectivity index (χ4n) is 4.11. The molecule has 156 valence electrons. The number of hydrogen-bond donors (Lipinski definition) is 2. The number of urea groups is 1. The number of carbonyl (C=O) groups is 1. The predicted octanol–water partition coefficient (Wildman–Crippen LogP) is 3.51. The van der Waals surface area contributed by atoms with Crippen LogP contribution in [0.3, 0.4) is 0 Å². The van der Waals surface area contributed by atoms with Crippen molar-refractivity contribution in [2.45, 2.75) is 38.9 Å². The summed E-state index contributed by atoms with van der Waals surface area (Å²) in [4.78, 5) is 14.6. The molecule has 0 saturated carbocycles. The highest BCUT2D eigenvalue weighted by Crippen LogP contribution is 2.40. The molecule has 6 nitrogen and oxygen atoms in total. The van der Waals surface area contributed by atoms with Crippen LogP contribution in [-0.4, -0.2) is 44.3 Å². The van der Waals surface area contributed by atoms with Crippen molar-refractivity contribution in [3.63, 3.8) is 0 Å². The van der Waals surface area contributed by atoms with Gasteiger partial charge in [-0.15, -0.1) is 0 Å². The molecule has 0 aliphatic carbocycles. The molecule has 0 spiro atoms. The highest BCUT2D eigenvalue weighted by Gasteiger charge is 2.33. The maximum Gasteiger partial charge on any atom is 0.315 e. The van der Waals surface area contributed by atoms with E-state index in [4.69, 9.17) is 9.47 Å². The minimum absolute atomic E-state index is 0.0290. The second-order valence-electron chi connectivity index (χ2n) is 7.35. The summed E-state index contributed by atoms with van der Waals surface area (Å²) in [5, 5.41) is 5.94. The molecule has 0 fully saturated rings. The van der Waals surface area contributed by atoms with Gasteiger partial charge in [-0.05, 0) is 49.1 Å². The van der Waals surface area contributed by atoms with Crippen LogP contribution < -0.4 is 20.1 Å². The van der Waals surface area contributed by atoms with Crippen LogP contribution in [0.2, 0.25) is 0 Å². The lowest BCUT2D eigenvalue weighted by molar-refractivity contribution is 0.143. The zero-order chi connectivity index (χ0) is 20.8. The molecule has 1 aliphatic rings. The van der Waals surface area contributed by atoms with Crippen LogP contribution in [0.1, 0.15) is 36.6 Å². The Morgan fingerprint density at radius 1 is 1.17 bits per heavy atom. The van der Waals surface area contributed by atoms with E-state index < -0.39 is 0 Å². The molecule has 0 radical (unpaired) electrons. The van der Waals surface area contributed by atoms with Crippen LogP contribution in [0, 0.1) is 0 Å². The van der Waals surface area contributed by atoms with Gasteiger partial charge in [0.25, 0.3) is 0 Å². The Kier molecular flexibility index (Phi) is 6.99. The van der Waals surface area contributed by atoms with Crippen LogP contribution >= 0.6 is 0 Å². The summed E-state index contributed by atoms with van der Waals surface area (Å²) in [7, 11) is 3.31. The number of ether oxygens (including phenoxy) is 2. The van der Waals surface area contributed by atoms with Crippen molar-refractivity contribution in [3.05, 3.63) is 59.2 Å². The SMILES string of the molecule is CCNC(=O)N[C@H](C)[C@H]1c2cc(OC)c(OC)cc2CCN1Cc1ccccc1. The average molecular weight is 398 g/mol. The lowest BCUT2D eigenvalue weighted by atomic mass is 9.87. The first-order valence-corrected chi connectivity index (χ1v) is 10.1. The van der Waals surface area contributed by atoms with Crippen molar-refractivity contribution in [2.75, 3.05) is 27.3 Å². The number of methoxy groups -OCH3 is 2. The van der Waals surface area contributed by atoms with E-state index >= 15 is 0 Å². The summed E-state index contributed by atoms with van der Waals surface area (Å²) in [6.45, 7) is 6.30. The van der Waals surface area contributed by atoms with Crippen molar-refractivity contribution < 1.29 is 14.3 Å². The van der Waals surface area contributed by atoms with Crippen LogP contribution in [0.15, 0.2) is 42.5 Å². The van der Waals surface area contributed by atoms with Gasteiger partial charge in [0, 0.05) is 25.7 Å². The van der Waals surface area contributed by atoms with Gasteiger partial charge < -0.3 is 20.1 Å². The highest BCUT2D eigenvalue weighted by molar-refractivity contribution is 5.74. The van der Waals surface area contributed by atoms with Crippen molar-refractivity contribution in [1.29, 1.82) is 0 Å². The summed E-state index contributed by atoms with van der Waals surface area (Å²) < 4.78 is 11.1. The van der Waals surface area contributed by atoms with Crippen LogP contribution in [0.5, 0.6) is 11.5 Å². The van der Waals surface area contributed by atoms with E-state index in [2.05, 4.69) is 58.9 Å². The lowest BCUT2D eigenvalue weighted by Gasteiger charge is -2.41. The number of benzene rings is 2. The van der Waals surface area contributed by atoms with Gasteiger partial charge in [-0.3, -0.25) is 4.90 Å². The first-order valence-electron chi connectivity index (χ1n) is 10.1. The Bertz CT molecular complexity index is 826. The molecule has 2 amide bonds. The minimum atomic E-state index is -0.146. The van der Waals surface area contributed by atoms with E-state index in [9.17, 15) is 4.79 Å². The van der Waals surface area contributed by atoms with E-state index in [0.29, 0.717) is 12.3 Å². The molecule has 0 unspecified atom stereocenters. The highest BCUT2D eigenvalue weighted by atomic mass is 16.5. The van der Waals surface area contributed by atoms with E-state index in [0.717, 1.165) is 25.3 Å². The number of carbonyl (C=O) groups excluding carboxylic acids is 1. The zero-order valence-corrected chi connectivity index (χ0v) is 17.7. The van der Waals surface area contributed by atoms with Gasteiger partial charge in [0.15, 0.2) is 11.5 Å². The fraction of sp³-hybridized carbons (Fsp3) is 0.435. The van der Waals surface area contributed by atoms with E-state index in [1.54, 1.807) is 14.2 Å². The van der Waals surface area contributed by atoms with Gasteiger partial charge in [-0.1, -0.05) is 30.3 Å². The topological polar surface area (TPSA) is 62.8 Å². The van der Waals surface area contributed by atoms with Crippen LogP contribution in [0.25, 0.3) is 0 Å². The number of amides is 2. The lowest BCUT2D eigenvalue weighted by Crippen LogP contribution is -2.49. The number of rotatable bonds is 7. The quantitative estimate of drug-likeness (QED) is 0.751. The summed E-state index contributed by atoms with van der Waals surface area (Å²) in [6.07, 6.45) is 0.924. The smallest absolute Gasteiger partial charge is 0.315 e. The van der Waals surface area contributed by atoms with E-state index in [1.165, 1.54) is 16.7 Å². The first kappa shape index (κ1) is 21.0. The Morgan fingerprint density at radius 3 is 2.52 bits per heavy atom.